The molecule has 170 valence electrons. The second-order valence-electron chi connectivity index (χ2n) is 8.95. The van der Waals surface area contributed by atoms with Crippen LogP contribution in [0.1, 0.15) is 21.5 Å². The molecule has 5 rings (SSSR count). The number of carbonyl (C=O) groups is 1. The molecule has 2 unspecified atom stereocenters. The molecule has 3 fully saturated rings. The van der Waals surface area contributed by atoms with Crippen LogP contribution in [0, 0.1) is 11.8 Å². The summed E-state index contributed by atoms with van der Waals surface area (Å²) >= 11 is 1.85. The maximum absolute atomic E-state index is 13.0. The van der Waals surface area contributed by atoms with Gasteiger partial charge in [0.15, 0.2) is 0 Å². The Kier molecular flexibility index (Phi) is 5.40. The number of methoxy groups -OCH3 is 1. The Morgan fingerprint density at radius 2 is 1.56 bits per heavy atom. The van der Waals surface area contributed by atoms with Gasteiger partial charge in [-0.25, -0.2) is 0 Å². The van der Waals surface area contributed by atoms with E-state index in [0.29, 0.717) is 30.5 Å². The van der Waals surface area contributed by atoms with Crippen LogP contribution in [0.25, 0.3) is 0 Å². The summed E-state index contributed by atoms with van der Waals surface area (Å²) in [5.74, 6) is 2.58. The number of hydrogen-bond donors (Lipinski definition) is 0. The van der Waals surface area contributed by atoms with Crippen LogP contribution in [-0.2, 0) is 16.5 Å². The summed E-state index contributed by atoms with van der Waals surface area (Å²) in [5.41, 5.74) is 1.75. The number of ether oxygens (including phenoxy) is 1. The van der Waals surface area contributed by atoms with E-state index in [9.17, 15) is 18.0 Å². The summed E-state index contributed by atoms with van der Waals surface area (Å²) in [6, 6.07) is 13.1. The highest BCUT2D eigenvalue weighted by Crippen LogP contribution is 2.41. The van der Waals surface area contributed by atoms with Crippen LogP contribution in [0.5, 0.6) is 0 Å². The number of nitrogens with zero attached hydrogens (tertiary/aromatic N) is 2. The van der Waals surface area contributed by atoms with Gasteiger partial charge in [0.05, 0.1) is 5.56 Å². The highest BCUT2D eigenvalue weighted by Gasteiger charge is 2.43. The molecule has 0 aromatic heterocycles. The number of rotatable bonds is 4. The van der Waals surface area contributed by atoms with E-state index in [2.05, 4.69) is 4.90 Å². The van der Waals surface area contributed by atoms with Gasteiger partial charge in [0.25, 0.3) is 5.91 Å². The molecule has 3 aliphatic rings. The number of fused-ring (bicyclic) bond motifs is 1. The van der Waals surface area contributed by atoms with E-state index in [1.54, 1.807) is 19.2 Å². The van der Waals surface area contributed by atoms with Crippen LogP contribution in [0.15, 0.2) is 48.5 Å². The summed E-state index contributed by atoms with van der Waals surface area (Å²) in [7, 11) is 1.73. The molecule has 0 radical (unpaired) electrons. The van der Waals surface area contributed by atoms with Gasteiger partial charge >= 0.3 is 6.18 Å². The number of carbonyl (C=O) groups excluding carboxylic acids is 1. The van der Waals surface area contributed by atoms with Gasteiger partial charge in [-0.1, -0.05) is 12.1 Å². The average Bonchev–Trinajstić information content (AvgIpc) is 3.32. The van der Waals surface area contributed by atoms with Gasteiger partial charge in [0.1, 0.15) is 5.60 Å². The number of halogens is 3. The minimum atomic E-state index is -4.32. The van der Waals surface area contributed by atoms with Crippen molar-refractivity contribution in [3.05, 3.63) is 65.2 Å². The van der Waals surface area contributed by atoms with Gasteiger partial charge in [-0.3, -0.25) is 4.79 Å². The lowest BCUT2D eigenvalue weighted by Crippen LogP contribution is -2.42. The molecule has 32 heavy (non-hydrogen) atoms. The van der Waals surface area contributed by atoms with Crippen molar-refractivity contribution in [1.29, 1.82) is 0 Å². The molecule has 0 N–H and O–H groups in total. The first-order valence-corrected chi connectivity index (χ1v) is 11.9. The Morgan fingerprint density at radius 3 is 2.03 bits per heavy atom. The highest BCUT2D eigenvalue weighted by molar-refractivity contribution is 8.00. The Hall–Kier alpha value is -2.19. The summed E-state index contributed by atoms with van der Waals surface area (Å²) in [6.07, 6.45) is -4.32. The molecule has 0 bridgehead atoms. The maximum Gasteiger partial charge on any atom is 0.416 e. The normalized spacial score (nSPS) is 24.4. The number of amides is 1. The van der Waals surface area contributed by atoms with Gasteiger partial charge in [0.2, 0.25) is 0 Å². The summed E-state index contributed by atoms with van der Waals surface area (Å²) in [5, 5.41) is 0. The molecule has 0 aliphatic carbocycles. The minimum Gasteiger partial charge on any atom is -0.372 e. The molecule has 4 nitrogen and oxygen atoms in total. The molecule has 3 heterocycles. The molecule has 3 saturated heterocycles. The highest BCUT2D eigenvalue weighted by atomic mass is 32.2. The molecule has 0 spiro atoms. The zero-order chi connectivity index (χ0) is 22.5. The monoisotopic (exact) mass is 462 g/mol. The molecule has 2 atom stereocenters. The third-order valence-electron chi connectivity index (χ3n) is 7.05. The second-order valence-corrected chi connectivity index (χ2v) is 9.93. The molecule has 3 aliphatic heterocycles. The first-order chi connectivity index (χ1) is 15.3. The zero-order valence-corrected chi connectivity index (χ0v) is 18.6. The fraction of sp³-hybridized carbons (Fsp3) is 0.458. The number of thioether (sulfide) groups is 1. The van der Waals surface area contributed by atoms with Crippen molar-refractivity contribution in [2.24, 2.45) is 11.8 Å². The lowest BCUT2D eigenvalue weighted by atomic mass is 9.95. The van der Waals surface area contributed by atoms with Gasteiger partial charge in [-0.15, -0.1) is 0 Å². The van der Waals surface area contributed by atoms with Crippen molar-refractivity contribution in [2.75, 3.05) is 49.7 Å². The number of hydrogen-bond acceptors (Lipinski definition) is 4. The fourth-order valence-corrected chi connectivity index (χ4v) is 6.16. The van der Waals surface area contributed by atoms with Gasteiger partial charge in [-0.05, 0) is 42.0 Å². The Labute approximate surface area is 189 Å². The SMILES string of the molecule is COC1(c2ccc(C(=O)N3CC4CN(c5ccc(C(F)(F)F)cc5)CC4C3)cc2)CSC1. The van der Waals surface area contributed by atoms with Crippen LogP contribution in [0.4, 0.5) is 18.9 Å². The number of likely N-dealkylation sites (tertiary alicyclic amines) is 1. The lowest BCUT2D eigenvalue weighted by molar-refractivity contribution is -0.137. The quantitative estimate of drug-likeness (QED) is 0.670. The Bertz CT molecular complexity index is 970. The van der Waals surface area contributed by atoms with E-state index < -0.39 is 11.7 Å². The van der Waals surface area contributed by atoms with Crippen molar-refractivity contribution in [2.45, 2.75) is 11.8 Å². The minimum absolute atomic E-state index is 0.0430. The molecule has 2 aromatic rings. The second kappa shape index (κ2) is 7.99. The van der Waals surface area contributed by atoms with E-state index in [1.165, 1.54) is 0 Å². The molecule has 2 aromatic carbocycles. The van der Waals surface area contributed by atoms with Crippen LogP contribution in [-0.4, -0.2) is 55.6 Å². The van der Waals surface area contributed by atoms with Crippen LogP contribution in [0.2, 0.25) is 0 Å². The summed E-state index contributed by atoms with van der Waals surface area (Å²) in [4.78, 5) is 17.1. The predicted molar refractivity (Wildman–Crippen MR) is 119 cm³/mol. The fourth-order valence-electron chi connectivity index (χ4n) is 5.02. The first kappa shape index (κ1) is 21.6. The van der Waals surface area contributed by atoms with Crippen LogP contribution >= 0.6 is 11.8 Å². The molecule has 8 heteroatoms. The molecule has 1 amide bonds. The number of benzene rings is 2. The Balaban J connectivity index is 1.20. The topological polar surface area (TPSA) is 32.8 Å². The predicted octanol–water partition coefficient (Wildman–Crippen LogP) is 4.50. The van der Waals surface area contributed by atoms with Gasteiger partial charge in [-0.2, -0.15) is 24.9 Å². The average molecular weight is 463 g/mol. The van der Waals surface area contributed by atoms with E-state index in [4.69, 9.17) is 4.74 Å². The molecular formula is C24H25F3N2O2S. The van der Waals surface area contributed by atoms with Gasteiger partial charge < -0.3 is 14.5 Å². The van der Waals surface area contributed by atoms with E-state index in [0.717, 1.165) is 48.0 Å². The largest absolute Gasteiger partial charge is 0.416 e. The molecular weight excluding hydrogens is 437 g/mol. The maximum atomic E-state index is 13.0. The third kappa shape index (κ3) is 3.77. The van der Waals surface area contributed by atoms with Crippen molar-refractivity contribution < 1.29 is 22.7 Å². The van der Waals surface area contributed by atoms with Crippen molar-refractivity contribution in [3.63, 3.8) is 0 Å². The van der Waals surface area contributed by atoms with Gasteiger partial charge in [0, 0.05) is 67.9 Å². The van der Waals surface area contributed by atoms with E-state index in [1.807, 2.05) is 40.9 Å². The standard InChI is InChI=1S/C24H25F3N2O2S/c1-31-23(14-32-15-23)19-4-2-16(3-5-19)22(30)29-12-17-10-28(11-18(17)13-29)21-8-6-20(7-9-21)24(25,26)27/h2-9,17-18H,10-15H2,1H3. The van der Waals surface area contributed by atoms with E-state index >= 15 is 0 Å². The van der Waals surface area contributed by atoms with Crippen molar-refractivity contribution in [1.82, 2.24) is 4.90 Å². The van der Waals surface area contributed by atoms with Crippen LogP contribution in [0.3, 0.4) is 0 Å². The molecule has 0 saturated carbocycles. The lowest BCUT2D eigenvalue weighted by Gasteiger charge is -2.40. The zero-order valence-electron chi connectivity index (χ0n) is 17.8. The first-order valence-electron chi connectivity index (χ1n) is 10.7. The van der Waals surface area contributed by atoms with Crippen molar-refractivity contribution >= 4 is 23.4 Å². The van der Waals surface area contributed by atoms with Crippen molar-refractivity contribution in [3.8, 4) is 0 Å². The summed E-state index contributed by atoms with van der Waals surface area (Å²) in [6.45, 7) is 2.88. The summed E-state index contributed by atoms with van der Waals surface area (Å²) < 4.78 is 44.1. The Morgan fingerprint density at radius 1 is 0.969 bits per heavy atom. The number of alkyl halides is 3. The van der Waals surface area contributed by atoms with Crippen LogP contribution < -0.4 is 4.90 Å². The third-order valence-corrected chi connectivity index (χ3v) is 8.39. The smallest absolute Gasteiger partial charge is 0.372 e. The van der Waals surface area contributed by atoms with E-state index in [-0.39, 0.29) is 11.5 Å². The number of anilines is 1.